The van der Waals surface area contributed by atoms with Crippen molar-refractivity contribution in [3.8, 4) is 11.8 Å². The van der Waals surface area contributed by atoms with Crippen LogP contribution in [0.3, 0.4) is 0 Å². The van der Waals surface area contributed by atoms with Gasteiger partial charge in [-0.3, -0.25) is 14.5 Å². The van der Waals surface area contributed by atoms with Crippen molar-refractivity contribution in [2.75, 3.05) is 5.32 Å². The number of nitrogens with one attached hydrogen (secondary N) is 1. The Morgan fingerprint density at radius 2 is 2.05 bits per heavy atom. The Kier molecular flexibility index (Phi) is 3.62. The first-order valence-electron chi connectivity index (χ1n) is 5.80. The van der Waals surface area contributed by atoms with Crippen LogP contribution in [-0.4, -0.2) is 20.7 Å². The second-order valence-corrected chi connectivity index (χ2v) is 4.12. The van der Waals surface area contributed by atoms with E-state index in [4.69, 9.17) is 0 Å². The topological polar surface area (TPSA) is 59.8 Å². The standard InChI is InChI=1S/C14H14N4O/c1-10-13(8-16-18(10)3)5-4-12-6-7-15-9-14(12)17-11(2)19/h6-9H,1-3H3,(H,17,19). The number of carbonyl (C=O) groups excluding carboxylic acids is 1. The summed E-state index contributed by atoms with van der Waals surface area (Å²) >= 11 is 0. The predicted octanol–water partition coefficient (Wildman–Crippen LogP) is 1.48. The van der Waals surface area contributed by atoms with Gasteiger partial charge in [0, 0.05) is 20.2 Å². The average Bonchev–Trinajstić information content (AvgIpc) is 2.68. The first-order chi connectivity index (χ1) is 9.08. The van der Waals surface area contributed by atoms with Crippen LogP contribution in [0.25, 0.3) is 0 Å². The molecular weight excluding hydrogens is 240 g/mol. The van der Waals surface area contributed by atoms with Crippen LogP contribution in [0.1, 0.15) is 23.7 Å². The van der Waals surface area contributed by atoms with Crippen LogP contribution in [0, 0.1) is 18.8 Å². The fourth-order valence-corrected chi connectivity index (χ4v) is 1.55. The summed E-state index contributed by atoms with van der Waals surface area (Å²) in [5, 5.41) is 6.84. The Morgan fingerprint density at radius 3 is 2.68 bits per heavy atom. The first kappa shape index (κ1) is 12.8. The summed E-state index contributed by atoms with van der Waals surface area (Å²) in [6, 6.07) is 1.77. The van der Waals surface area contributed by atoms with Crippen molar-refractivity contribution in [2.45, 2.75) is 13.8 Å². The highest BCUT2D eigenvalue weighted by Gasteiger charge is 2.02. The van der Waals surface area contributed by atoms with Crippen molar-refractivity contribution in [1.82, 2.24) is 14.8 Å². The third-order valence-electron chi connectivity index (χ3n) is 2.70. The molecule has 5 heteroatoms. The van der Waals surface area contributed by atoms with Gasteiger partial charge in [0.25, 0.3) is 0 Å². The SMILES string of the molecule is CC(=O)Nc1cnccc1C#Cc1cnn(C)c1C. The molecule has 96 valence electrons. The Morgan fingerprint density at radius 1 is 1.32 bits per heavy atom. The van der Waals surface area contributed by atoms with E-state index < -0.39 is 0 Å². The van der Waals surface area contributed by atoms with Gasteiger partial charge >= 0.3 is 0 Å². The molecule has 0 fully saturated rings. The Labute approximate surface area is 111 Å². The second-order valence-electron chi connectivity index (χ2n) is 4.12. The summed E-state index contributed by atoms with van der Waals surface area (Å²) in [4.78, 5) is 15.1. The van der Waals surface area contributed by atoms with Crippen LogP contribution >= 0.6 is 0 Å². The van der Waals surface area contributed by atoms with Gasteiger partial charge in [-0.1, -0.05) is 11.8 Å². The zero-order valence-electron chi connectivity index (χ0n) is 11.1. The molecule has 0 saturated carbocycles. The van der Waals surface area contributed by atoms with Gasteiger partial charge in [0.2, 0.25) is 5.91 Å². The van der Waals surface area contributed by atoms with E-state index in [2.05, 4.69) is 27.2 Å². The van der Waals surface area contributed by atoms with E-state index >= 15 is 0 Å². The van der Waals surface area contributed by atoms with E-state index in [0.29, 0.717) is 5.69 Å². The van der Waals surface area contributed by atoms with Gasteiger partial charge in [-0.05, 0) is 13.0 Å². The molecule has 1 N–H and O–H groups in total. The summed E-state index contributed by atoms with van der Waals surface area (Å²) in [5.41, 5.74) is 3.22. The minimum absolute atomic E-state index is 0.145. The van der Waals surface area contributed by atoms with Crippen molar-refractivity contribution >= 4 is 11.6 Å². The van der Waals surface area contributed by atoms with E-state index in [1.54, 1.807) is 29.3 Å². The quantitative estimate of drug-likeness (QED) is 0.784. The first-order valence-corrected chi connectivity index (χ1v) is 5.80. The minimum atomic E-state index is -0.145. The number of hydrogen-bond donors (Lipinski definition) is 1. The van der Waals surface area contributed by atoms with Crippen LogP contribution in [0.5, 0.6) is 0 Å². The molecule has 19 heavy (non-hydrogen) atoms. The molecule has 2 aromatic rings. The molecule has 0 saturated heterocycles. The fourth-order valence-electron chi connectivity index (χ4n) is 1.55. The van der Waals surface area contributed by atoms with Crippen LogP contribution in [-0.2, 0) is 11.8 Å². The highest BCUT2D eigenvalue weighted by molar-refractivity contribution is 5.90. The molecule has 0 atom stereocenters. The maximum absolute atomic E-state index is 11.1. The van der Waals surface area contributed by atoms with Gasteiger partial charge in [0.05, 0.1) is 34.9 Å². The van der Waals surface area contributed by atoms with Gasteiger partial charge in [-0.2, -0.15) is 5.10 Å². The average molecular weight is 254 g/mol. The van der Waals surface area contributed by atoms with E-state index in [1.165, 1.54) is 6.92 Å². The molecule has 2 rings (SSSR count). The molecule has 5 nitrogen and oxygen atoms in total. The van der Waals surface area contributed by atoms with Crippen LogP contribution in [0.4, 0.5) is 5.69 Å². The number of amides is 1. The lowest BCUT2D eigenvalue weighted by molar-refractivity contribution is -0.114. The number of aryl methyl sites for hydroxylation is 1. The molecule has 0 spiro atoms. The van der Waals surface area contributed by atoms with E-state index in [0.717, 1.165) is 16.8 Å². The van der Waals surface area contributed by atoms with Crippen molar-refractivity contribution in [3.63, 3.8) is 0 Å². The van der Waals surface area contributed by atoms with Crippen molar-refractivity contribution < 1.29 is 4.79 Å². The van der Waals surface area contributed by atoms with Crippen molar-refractivity contribution in [2.24, 2.45) is 7.05 Å². The van der Waals surface area contributed by atoms with Gasteiger partial charge in [0.15, 0.2) is 0 Å². The Bertz CT molecular complexity index is 676. The van der Waals surface area contributed by atoms with E-state index in [1.807, 2.05) is 14.0 Å². The van der Waals surface area contributed by atoms with Crippen LogP contribution in [0.15, 0.2) is 24.7 Å². The largest absolute Gasteiger partial charge is 0.324 e. The molecule has 2 aromatic heterocycles. The molecular formula is C14H14N4O. The normalized spacial score (nSPS) is 9.63. The summed E-state index contributed by atoms with van der Waals surface area (Å²) in [6.45, 7) is 3.41. The molecule has 0 radical (unpaired) electrons. The van der Waals surface area contributed by atoms with Crippen LogP contribution in [0.2, 0.25) is 0 Å². The van der Waals surface area contributed by atoms with Crippen molar-refractivity contribution in [3.05, 3.63) is 41.5 Å². The number of pyridine rings is 1. The van der Waals surface area contributed by atoms with Gasteiger partial charge in [-0.25, -0.2) is 0 Å². The number of carbonyl (C=O) groups is 1. The molecule has 0 aromatic carbocycles. The van der Waals surface area contributed by atoms with Gasteiger partial charge in [-0.15, -0.1) is 0 Å². The van der Waals surface area contributed by atoms with E-state index in [9.17, 15) is 4.79 Å². The Balaban J connectivity index is 2.34. The lowest BCUT2D eigenvalue weighted by Gasteiger charge is -2.03. The zero-order chi connectivity index (χ0) is 13.8. The maximum atomic E-state index is 11.1. The number of hydrogen-bond acceptors (Lipinski definition) is 3. The predicted molar refractivity (Wildman–Crippen MR) is 72.5 cm³/mol. The molecule has 0 unspecified atom stereocenters. The lowest BCUT2D eigenvalue weighted by Crippen LogP contribution is -2.07. The third kappa shape index (κ3) is 2.99. The minimum Gasteiger partial charge on any atom is -0.324 e. The molecule has 0 bridgehead atoms. The lowest BCUT2D eigenvalue weighted by atomic mass is 10.2. The smallest absolute Gasteiger partial charge is 0.221 e. The highest BCUT2D eigenvalue weighted by atomic mass is 16.1. The van der Waals surface area contributed by atoms with Gasteiger partial charge in [0.1, 0.15) is 0 Å². The number of anilines is 1. The summed E-state index contributed by atoms with van der Waals surface area (Å²) in [6.07, 6.45) is 4.95. The van der Waals surface area contributed by atoms with E-state index in [-0.39, 0.29) is 5.91 Å². The summed E-state index contributed by atoms with van der Waals surface area (Å²) in [5.74, 6) is 5.94. The summed E-state index contributed by atoms with van der Waals surface area (Å²) < 4.78 is 1.77. The molecule has 2 heterocycles. The second kappa shape index (κ2) is 5.36. The Hall–Kier alpha value is -2.61. The highest BCUT2D eigenvalue weighted by Crippen LogP contribution is 2.12. The maximum Gasteiger partial charge on any atom is 0.221 e. The van der Waals surface area contributed by atoms with Crippen LogP contribution < -0.4 is 5.32 Å². The van der Waals surface area contributed by atoms with Crippen molar-refractivity contribution in [1.29, 1.82) is 0 Å². The van der Waals surface area contributed by atoms with Gasteiger partial charge < -0.3 is 5.32 Å². The zero-order valence-corrected chi connectivity index (χ0v) is 11.1. The number of aromatic nitrogens is 3. The third-order valence-corrected chi connectivity index (χ3v) is 2.70. The molecule has 1 amide bonds. The fraction of sp³-hybridized carbons (Fsp3) is 0.214. The monoisotopic (exact) mass is 254 g/mol. The molecule has 0 aliphatic rings. The summed E-state index contributed by atoms with van der Waals surface area (Å²) in [7, 11) is 1.87. The number of rotatable bonds is 1. The molecule has 0 aliphatic carbocycles. The number of nitrogens with zero attached hydrogens (tertiary/aromatic N) is 3. The molecule has 0 aliphatic heterocycles.